The summed E-state index contributed by atoms with van der Waals surface area (Å²) in [6, 6.07) is 44.3. The number of aromatic nitrogens is 4. The van der Waals surface area contributed by atoms with Gasteiger partial charge in [0.15, 0.2) is 0 Å². The van der Waals surface area contributed by atoms with E-state index in [1.54, 1.807) is 0 Å². The summed E-state index contributed by atoms with van der Waals surface area (Å²) in [6.07, 6.45) is 1.88. The number of pyridine rings is 1. The molecule has 0 radical (unpaired) electrons. The first-order valence-electron chi connectivity index (χ1n) is 15.6. The Morgan fingerprint density at radius 1 is 0.553 bits per heavy atom. The highest BCUT2D eigenvalue weighted by atomic mass is 32.1. The van der Waals surface area contributed by atoms with E-state index in [9.17, 15) is 0 Å². The van der Waals surface area contributed by atoms with Gasteiger partial charge >= 0.3 is 0 Å². The first kappa shape index (κ1) is 25.1. The predicted molar refractivity (Wildman–Crippen MR) is 195 cm³/mol. The maximum atomic E-state index is 6.31. The average Bonchev–Trinajstić information content (AvgIpc) is 3.81. The SMILES string of the molecule is c1ccc2c(-c3cccc4oc5ccccc5c34)nc(-n3c4cccnc4c4c5ccccc5c5c6ccccc6sc5c43)nc2c1. The fourth-order valence-corrected chi connectivity index (χ4v) is 8.79. The zero-order valence-electron chi connectivity index (χ0n) is 24.8. The van der Waals surface area contributed by atoms with Crippen LogP contribution in [-0.4, -0.2) is 19.5 Å². The highest BCUT2D eigenvalue weighted by Gasteiger charge is 2.25. The van der Waals surface area contributed by atoms with Crippen molar-refractivity contribution in [2.75, 3.05) is 0 Å². The second kappa shape index (κ2) is 9.22. The van der Waals surface area contributed by atoms with Crippen molar-refractivity contribution >= 4 is 97.1 Å². The van der Waals surface area contributed by atoms with E-state index in [1.807, 2.05) is 53.9 Å². The van der Waals surface area contributed by atoms with Crippen molar-refractivity contribution in [2.45, 2.75) is 0 Å². The quantitative estimate of drug-likeness (QED) is 0.193. The van der Waals surface area contributed by atoms with Crippen LogP contribution in [0.3, 0.4) is 0 Å². The molecule has 47 heavy (non-hydrogen) atoms. The van der Waals surface area contributed by atoms with Gasteiger partial charge in [-0.05, 0) is 47.2 Å². The van der Waals surface area contributed by atoms with Crippen molar-refractivity contribution in [1.82, 2.24) is 19.5 Å². The Morgan fingerprint density at radius 3 is 2.17 bits per heavy atom. The van der Waals surface area contributed by atoms with Crippen molar-refractivity contribution in [3.63, 3.8) is 0 Å². The van der Waals surface area contributed by atoms with Gasteiger partial charge in [0, 0.05) is 48.8 Å². The minimum absolute atomic E-state index is 0.616. The maximum Gasteiger partial charge on any atom is 0.235 e. The van der Waals surface area contributed by atoms with Crippen LogP contribution in [0.5, 0.6) is 0 Å². The van der Waals surface area contributed by atoms with E-state index < -0.39 is 0 Å². The van der Waals surface area contributed by atoms with Gasteiger partial charge in [-0.2, -0.15) is 0 Å². The lowest BCUT2D eigenvalue weighted by atomic mass is 10.00. The zero-order valence-corrected chi connectivity index (χ0v) is 25.6. The first-order valence-corrected chi connectivity index (χ1v) is 16.4. The Morgan fingerprint density at radius 2 is 1.28 bits per heavy atom. The summed E-state index contributed by atoms with van der Waals surface area (Å²) in [5, 5.41) is 9.17. The molecule has 0 amide bonds. The summed E-state index contributed by atoms with van der Waals surface area (Å²) in [5.74, 6) is 0.616. The van der Waals surface area contributed by atoms with E-state index >= 15 is 0 Å². The van der Waals surface area contributed by atoms with Crippen LogP contribution in [0.15, 0.2) is 138 Å². The van der Waals surface area contributed by atoms with Crippen molar-refractivity contribution in [3.8, 4) is 17.2 Å². The van der Waals surface area contributed by atoms with Gasteiger partial charge in [0.2, 0.25) is 5.95 Å². The number of rotatable bonds is 2. The third-order valence-corrected chi connectivity index (χ3v) is 10.6. The number of fused-ring (bicyclic) bond motifs is 14. The molecule has 0 bridgehead atoms. The molecule has 0 spiro atoms. The molecule has 0 aliphatic rings. The summed E-state index contributed by atoms with van der Waals surface area (Å²) in [6.45, 7) is 0. The molecule has 0 aliphatic carbocycles. The second-order valence-corrected chi connectivity index (χ2v) is 13.0. The standard InChI is InChI=1S/C41H22N4OS/c1-2-12-24-23(11-1)35-27-15-5-8-21-33(27)47-40(35)39-36(24)38-30(18-10-22-42-38)45(39)41-43-29-17-6-3-13-25(29)37(44-41)28-16-9-20-32-34(28)26-14-4-7-19-31(26)46-32/h1-22H. The van der Waals surface area contributed by atoms with Crippen LogP contribution in [0.25, 0.3) is 103 Å². The van der Waals surface area contributed by atoms with Crippen molar-refractivity contribution in [1.29, 1.82) is 0 Å². The number of nitrogens with zero attached hydrogens (tertiary/aromatic N) is 4. The molecule has 0 saturated heterocycles. The molecule has 0 aliphatic heterocycles. The number of hydrogen-bond donors (Lipinski definition) is 0. The molecule has 6 heteroatoms. The smallest absolute Gasteiger partial charge is 0.235 e. The van der Waals surface area contributed by atoms with Crippen LogP contribution in [-0.2, 0) is 0 Å². The van der Waals surface area contributed by atoms with Gasteiger partial charge in [-0.15, -0.1) is 11.3 Å². The average molecular weight is 619 g/mol. The van der Waals surface area contributed by atoms with Gasteiger partial charge in [0.25, 0.3) is 0 Å². The molecule has 11 rings (SSSR count). The fourth-order valence-electron chi connectivity index (χ4n) is 7.53. The molecule has 5 nitrogen and oxygen atoms in total. The normalized spacial score (nSPS) is 12.3. The highest BCUT2D eigenvalue weighted by Crippen LogP contribution is 2.47. The first-order chi connectivity index (χ1) is 23.3. The van der Waals surface area contributed by atoms with Crippen molar-refractivity contribution in [3.05, 3.63) is 134 Å². The summed E-state index contributed by atoms with van der Waals surface area (Å²) in [7, 11) is 0. The summed E-state index contributed by atoms with van der Waals surface area (Å²) in [4.78, 5) is 15.8. The highest BCUT2D eigenvalue weighted by molar-refractivity contribution is 7.27. The zero-order chi connectivity index (χ0) is 30.6. The largest absolute Gasteiger partial charge is 0.456 e. The topological polar surface area (TPSA) is 56.7 Å². The van der Waals surface area contributed by atoms with E-state index in [4.69, 9.17) is 19.4 Å². The molecule has 11 aromatic rings. The third-order valence-electron chi connectivity index (χ3n) is 9.45. The maximum absolute atomic E-state index is 6.31. The van der Waals surface area contributed by atoms with Crippen molar-refractivity contribution < 1.29 is 4.42 Å². The number of benzene rings is 6. The lowest BCUT2D eigenvalue weighted by Crippen LogP contribution is -2.03. The molecule has 0 saturated carbocycles. The molecule has 5 heterocycles. The van der Waals surface area contributed by atoms with Gasteiger partial charge in [0.1, 0.15) is 11.2 Å². The molecular weight excluding hydrogens is 597 g/mol. The van der Waals surface area contributed by atoms with Gasteiger partial charge in [0.05, 0.1) is 32.5 Å². The van der Waals surface area contributed by atoms with E-state index in [0.29, 0.717) is 5.95 Å². The van der Waals surface area contributed by atoms with Gasteiger partial charge < -0.3 is 4.42 Å². The van der Waals surface area contributed by atoms with E-state index in [-0.39, 0.29) is 0 Å². The van der Waals surface area contributed by atoms with Gasteiger partial charge in [-0.1, -0.05) is 91.0 Å². The number of furan rings is 1. The van der Waals surface area contributed by atoms with Crippen LogP contribution >= 0.6 is 11.3 Å². The minimum atomic E-state index is 0.616. The number of hydrogen-bond acceptors (Lipinski definition) is 5. The number of thiophene rings is 1. The third kappa shape index (κ3) is 3.34. The Balaban J connectivity index is 1.35. The Labute approximate surface area is 271 Å². The molecule has 6 aromatic carbocycles. The van der Waals surface area contributed by atoms with Crippen molar-refractivity contribution in [2.24, 2.45) is 0 Å². The molecule has 0 fully saturated rings. The molecule has 0 atom stereocenters. The van der Waals surface area contributed by atoms with E-state index in [0.717, 1.165) is 66.0 Å². The van der Waals surface area contributed by atoms with Crippen LogP contribution in [0, 0.1) is 0 Å². The monoisotopic (exact) mass is 618 g/mol. The van der Waals surface area contributed by atoms with E-state index in [1.165, 1.54) is 30.9 Å². The molecular formula is C41H22N4OS. The van der Waals surface area contributed by atoms with Gasteiger partial charge in [-0.25, -0.2) is 9.97 Å². The lowest BCUT2D eigenvalue weighted by molar-refractivity contribution is 0.669. The summed E-state index contributed by atoms with van der Waals surface area (Å²) >= 11 is 1.82. The van der Waals surface area contributed by atoms with Crippen LogP contribution in [0.2, 0.25) is 0 Å². The van der Waals surface area contributed by atoms with Gasteiger partial charge in [-0.3, -0.25) is 9.55 Å². The molecule has 0 N–H and O–H groups in total. The molecule has 218 valence electrons. The molecule has 0 unspecified atom stereocenters. The van der Waals surface area contributed by atoms with Crippen LogP contribution in [0.4, 0.5) is 0 Å². The Bertz CT molecular complexity index is 3090. The van der Waals surface area contributed by atoms with E-state index in [2.05, 4.69) is 95.6 Å². The summed E-state index contributed by atoms with van der Waals surface area (Å²) < 4.78 is 11.0. The molecule has 5 aromatic heterocycles. The van der Waals surface area contributed by atoms with Crippen LogP contribution in [0.1, 0.15) is 0 Å². The number of para-hydroxylation sites is 2. The predicted octanol–water partition coefficient (Wildman–Crippen LogP) is 11.2. The minimum Gasteiger partial charge on any atom is -0.456 e. The lowest BCUT2D eigenvalue weighted by Gasteiger charge is -2.13. The Hall–Kier alpha value is -6.11. The van der Waals surface area contributed by atoms with Crippen LogP contribution < -0.4 is 0 Å². The fraction of sp³-hybridized carbons (Fsp3) is 0. The Kier molecular flexibility index (Phi) is 4.93. The second-order valence-electron chi connectivity index (χ2n) is 11.9. The summed E-state index contributed by atoms with van der Waals surface area (Å²) in [5.41, 5.74) is 7.48.